The van der Waals surface area contributed by atoms with Gasteiger partial charge in [0.2, 0.25) is 10.9 Å². The molecule has 1 N–H and O–H groups in total. The molecule has 0 saturated carbocycles. The average molecular weight is 309 g/mol. The maximum absolute atomic E-state index is 12.3. The van der Waals surface area contributed by atoms with Crippen molar-refractivity contribution in [3.63, 3.8) is 0 Å². The third kappa shape index (κ3) is 2.48. The Labute approximate surface area is 129 Å². The predicted molar refractivity (Wildman–Crippen MR) is 85.9 cm³/mol. The Morgan fingerprint density at radius 2 is 1.74 bits per heavy atom. The second-order valence-corrected chi connectivity index (χ2v) is 5.03. The van der Waals surface area contributed by atoms with Gasteiger partial charge in [0.1, 0.15) is 0 Å². The number of rotatable bonds is 3. The molecule has 7 heteroatoms. The number of hydrogen-bond acceptors (Lipinski definition) is 6. The SMILES string of the molecule is Cc1ccccc1N/N=c1/c(=O)c2ccc([N+](=O)[O-])cc2c1=O. The van der Waals surface area contributed by atoms with E-state index in [0.717, 1.165) is 11.6 Å². The largest absolute Gasteiger partial charge is 0.287 e. The van der Waals surface area contributed by atoms with E-state index in [-0.39, 0.29) is 21.8 Å². The van der Waals surface area contributed by atoms with Crippen molar-refractivity contribution in [2.75, 3.05) is 5.43 Å². The summed E-state index contributed by atoms with van der Waals surface area (Å²) in [5, 5.41) is 14.6. The highest BCUT2D eigenvalue weighted by Crippen LogP contribution is 2.15. The second kappa shape index (κ2) is 5.45. The van der Waals surface area contributed by atoms with Crippen LogP contribution in [0.2, 0.25) is 0 Å². The number of anilines is 1. The molecule has 0 amide bonds. The molecule has 0 aromatic heterocycles. The zero-order valence-electron chi connectivity index (χ0n) is 12.1. The van der Waals surface area contributed by atoms with E-state index in [0.29, 0.717) is 5.69 Å². The number of benzene rings is 2. The first-order chi connectivity index (χ1) is 11.0. The molecular weight excluding hydrogens is 298 g/mol. The number of aryl methyl sites for hydroxylation is 1. The van der Waals surface area contributed by atoms with Gasteiger partial charge in [-0.3, -0.25) is 25.1 Å². The normalized spacial score (nSPS) is 11.8. The summed E-state index contributed by atoms with van der Waals surface area (Å²) in [7, 11) is 0. The summed E-state index contributed by atoms with van der Waals surface area (Å²) >= 11 is 0. The molecule has 3 rings (SSSR count). The zero-order valence-corrected chi connectivity index (χ0v) is 12.1. The van der Waals surface area contributed by atoms with Crippen LogP contribution in [-0.4, -0.2) is 4.92 Å². The van der Waals surface area contributed by atoms with Crippen molar-refractivity contribution in [1.82, 2.24) is 0 Å². The number of nitrogens with one attached hydrogen (secondary N) is 1. The van der Waals surface area contributed by atoms with Gasteiger partial charge in [-0.2, -0.15) is 5.10 Å². The molecule has 0 fully saturated rings. The molecule has 0 radical (unpaired) electrons. The number of nitro benzene ring substituents is 1. The number of nitrogens with zero attached hydrogens (tertiary/aromatic N) is 2. The quantitative estimate of drug-likeness (QED) is 0.584. The Bertz CT molecular complexity index is 1080. The van der Waals surface area contributed by atoms with Crippen molar-refractivity contribution < 1.29 is 4.92 Å². The lowest BCUT2D eigenvalue weighted by molar-refractivity contribution is -0.384. The van der Waals surface area contributed by atoms with E-state index in [9.17, 15) is 19.7 Å². The van der Waals surface area contributed by atoms with E-state index < -0.39 is 15.8 Å². The molecule has 0 atom stereocenters. The topological polar surface area (TPSA) is 102 Å². The van der Waals surface area contributed by atoms with Crippen LogP contribution in [0.25, 0.3) is 10.8 Å². The van der Waals surface area contributed by atoms with Gasteiger partial charge in [0.05, 0.1) is 10.6 Å². The van der Waals surface area contributed by atoms with Crippen molar-refractivity contribution in [3.8, 4) is 0 Å². The number of nitro groups is 1. The van der Waals surface area contributed by atoms with E-state index in [2.05, 4.69) is 10.5 Å². The van der Waals surface area contributed by atoms with Gasteiger partial charge < -0.3 is 0 Å². The van der Waals surface area contributed by atoms with Gasteiger partial charge in [-0.1, -0.05) is 18.2 Å². The molecule has 3 aromatic rings. The van der Waals surface area contributed by atoms with Crippen LogP contribution < -0.4 is 21.6 Å². The molecule has 3 aromatic carbocycles. The van der Waals surface area contributed by atoms with Crippen LogP contribution in [-0.2, 0) is 0 Å². The summed E-state index contributed by atoms with van der Waals surface area (Å²) in [6.45, 7) is 1.86. The lowest BCUT2D eigenvalue weighted by atomic mass is 10.2. The first-order valence-electron chi connectivity index (χ1n) is 6.76. The first kappa shape index (κ1) is 14.6. The molecule has 0 aliphatic carbocycles. The molecule has 0 spiro atoms. The standard InChI is InChI=1S/C16H11N3O4/c1-9-4-2-3-5-13(9)17-18-14-15(20)11-7-6-10(19(22)23)8-12(11)16(14)21/h2-8,17H,1H3/b18-14-. The summed E-state index contributed by atoms with van der Waals surface area (Å²) in [6, 6.07) is 10.9. The lowest BCUT2D eigenvalue weighted by Crippen LogP contribution is -2.32. The zero-order chi connectivity index (χ0) is 16.6. The fraction of sp³-hybridized carbons (Fsp3) is 0.0625. The first-order valence-corrected chi connectivity index (χ1v) is 6.76. The van der Waals surface area contributed by atoms with Gasteiger partial charge in [-0.15, -0.1) is 0 Å². The van der Waals surface area contributed by atoms with Gasteiger partial charge in [-0.05, 0) is 24.6 Å². The van der Waals surface area contributed by atoms with Crippen molar-refractivity contribution in [1.29, 1.82) is 0 Å². The Balaban J connectivity index is 2.17. The minimum Gasteiger partial charge on any atom is -0.287 e. The highest BCUT2D eigenvalue weighted by Gasteiger charge is 2.15. The van der Waals surface area contributed by atoms with E-state index in [1.165, 1.54) is 12.1 Å². The number of para-hydroxylation sites is 1. The van der Waals surface area contributed by atoms with Gasteiger partial charge in [0, 0.05) is 22.9 Å². The molecule has 23 heavy (non-hydrogen) atoms. The molecule has 0 unspecified atom stereocenters. The molecule has 0 bridgehead atoms. The summed E-state index contributed by atoms with van der Waals surface area (Å²) in [5.74, 6) is 0. The minimum absolute atomic E-state index is 0.00883. The molecular formula is C16H11N3O4. The predicted octanol–water partition coefficient (Wildman–Crippen LogP) is 1.58. The fourth-order valence-electron chi connectivity index (χ4n) is 2.31. The maximum atomic E-state index is 12.3. The van der Waals surface area contributed by atoms with Crippen LogP contribution in [0.15, 0.2) is 57.2 Å². The van der Waals surface area contributed by atoms with Gasteiger partial charge in [0.25, 0.3) is 5.69 Å². The minimum atomic E-state index is -0.616. The fourth-order valence-corrected chi connectivity index (χ4v) is 2.31. The van der Waals surface area contributed by atoms with Crippen LogP contribution in [0, 0.1) is 17.0 Å². The second-order valence-electron chi connectivity index (χ2n) is 5.03. The van der Waals surface area contributed by atoms with Crippen molar-refractivity contribution in [3.05, 3.63) is 83.9 Å². The van der Waals surface area contributed by atoms with Gasteiger partial charge in [-0.25, -0.2) is 0 Å². The van der Waals surface area contributed by atoms with E-state index >= 15 is 0 Å². The maximum Gasteiger partial charge on any atom is 0.270 e. The summed E-state index contributed by atoms with van der Waals surface area (Å²) in [4.78, 5) is 34.7. The summed E-state index contributed by atoms with van der Waals surface area (Å²) in [5.41, 5.74) is 2.88. The Hall–Kier alpha value is -3.35. The summed E-state index contributed by atoms with van der Waals surface area (Å²) in [6.07, 6.45) is 0. The Kier molecular flexibility index (Phi) is 3.46. The molecule has 7 nitrogen and oxygen atoms in total. The number of hydrogen-bond donors (Lipinski definition) is 1. The Morgan fingerprint density at radius 1 is 1.04 bits per heavy atom. The Morgan fingerprint density at radius 3 is 2.43 bits per heavy atom. The van der Waals surface area contributed by atoms with Crippen LogP contribution >= 0.6 is 0 Å². The molecule has 0 aliphatic rings. The van der Waals surface area contributed by atoms with Gasteiger partial charge in [0.15, 0.2) is 5.36 Å². The third-order valence-corrected chi connectivity index (χ3v) is 3.57. The van der Waals surface area contributed by atoms with Crippen molar-refractivity contribution in [2.45, 2.75) is 6.92 Å². The molecule has 0 aliphatic heterocycles. The van der Waals surface area contributed by atoms with Crippen molar-refractivity contribution in [2.24, 2.45) is 5.10 Å². The molecule has 0 saturated heterocycles. The monoisotopic (exact) mass is 309 g/mol. The van der Waals surface area contributed by atoms with Crippen LogP contribution in [0.1, 0.15) is 5.56 Å². The van der Waals surface area contributed by atoms with Gasteiger partial charge >= 0.3 is 0 Å². The third-order valence-electron chi connectivity index (χ3n) is 3.57. The van der Waals surface area contributed by atoms with Crippen LogP contribution in [0.3, 0.4) is 0 Å². The van der Waals surface area contributed by atoms with E-state index in [4.69, 9.17) is 0 Å². The van der Waals surface area contributed by atoms with Crippen LogP contribution in [0.4, 0.5) is 11.4 Å². The lowest BCUT2D eigenvalue weighted by Gasteiger charge is -2.02. The highest BCUT2D eigenvalue weighted by molar-refractivity contribution is 5.85. The number of fused-ring (bicyclic) bond motifs is 1. The number of non-ortho nitro benzene ring substituents is 1. The smallest absolute Gasteiger partial charge is 0.270 e. The van der Waals surface area contributed by atoms with E-state index in [1.807, 2.05) is 19.1 Å². The summed E-state index contributed by atoms with van der Waals surface area (Å²) < 4.78 is 0. The van der Waals surface area contributed by atoms with Crippen molar-refractivity contribution >= 4 is 22.1 Å². The average Bonchev–Trinajstić information content (AvgIpc) is 2.78. The van der Waals surface area contributed by atoms with E-state index in [1.54, 1.807) is 12.1 Å². The molecule has 0 heterocycles. The molecule has 114 valence electrons. The van der Waals surface area contributed by atoms with Crippen LogP contribution in [0.5, 0.6) is 0 Å². The highest BCUT2D eigenvalue weighted by atomic mass is 16.6.